The lowest BCUT2D eigenvalue weighted by atomic mass is 9.75. The van der Waals surface area contributed by atoms with E-state index in [4.69, 9.17) is 0 Å². The Morgan fingerprint density at radius 3 is 3.04 bits per heavy atom. The first kappa shape index (κ1) is 18.3. The minimum Gasteiger partial charge on any atom is -0.273 e. The molecule has 3 aliphatic heterocycles. The second-order valence-corrected chi connectivity index (χ2v) is 7.26. The van der Waals surface area contributed by atoms with Crippen LogP contribution in [0, 0.1) is 5.41 Å². The first-order valence-corrected chi connectivity index (χ1v) is 9.28. The molecule has 1 spiro atoms. The Morgan fingerprint density at radius 2 is 2.32 bits per heavy atom. The maximum Gasteiger partial charge on any atom is 0.389 e. The highest BCUT2D eigenvalue weighted by atomic mass is 32.2. The standard InChI is InChI=1S/C16H21F3N4OS/c1-2-11-15-7-5-9-20-14(15)25-10-12(15)23(21-11)22-13(24)6-3-4-8-16(17,18)19/h5,9-11,21H,2-4,6-8H2,1H3,(H,22,24). The predicted octanol–water partition coefficient (Wildman–Crippen LogP) is 3.63. The molecule has 3 rings (SSSR count). The van der Waals surface area contributed by atoms with Gasteiger partial charge in [0.15, 0.2) is 0 Å². The summed E-state index contributed by atoms with van der Waals surface area (Å²) in [5.74, 6) is -0.288. The average molecular weight is 374 g/mol. The van der Waals surface area contributed by atoms with Crippen molar-refractivity contribution in [2.24, 2.45) is 10.4 Å². The number of rotatable bonds is 6. The Balaban J connectivity index is 1.58. The SMILES string of the molecule is CCC1NN(NC(=O)CCCCC(F)(F)F)C2=CSC3=NC=CCC231. The fourth-order valence-corrected chi connectivity index (χ4v) is 4.71. The molecule has 0 radical (unpaired) electrons. The summed E-state index contributed by atoms with van der Waals surface area (Å²) in [5.41, 5.74) is 6.79. The predicted molar refractivity (Wildman–Crippen MR) is 91.0 cm³/mol. The number of amides is 1. The highest BCUT2D eigenvalue weighted by molar-refractivity contribution is 8.17. The topological polar surface area (TPSA) is 56.7 Å². The third-order valence-electron chi connectivity index (χ3n) is 4.74. The first-order chi connectivity index (χ1) is 11.9. The van der Waals surface area contributed by atoms with Crippen LogP contribution in [0.2, 0.25) is 0 Å². The Labute approximate surface area is 148 Å². The summed E-state index contributed by atoms with van der Waals surface area (Å²) in [4.78, 5) is 16.6. The summed E-state index contributed by atoms with van der Waals surface area (Å²) in [6, 6.07) is 0.114. The smallest absolute Gasteiger partial charge is 0.273 e. The number of alkyl halides is 3. The van der Waals surface area contributed by atoms with Crippen molar-refractivity contribution in [1.82, 2.24) is 16.0 Å². The van der Waals surface area contributed by atoms with Crippen LogP contribution >= 0.6 is 11.8 Å². The zero-order valence-corrected chi connectivity index (χ0v) is 14.7. The fourth-order valence-electron chi connectivity index (χ4n) is 3.51. The Morgan fingerprint density at radius 1 is 1.52 bits per heavy atom. The summed E-state index contributed by atoms with van der Waals surface area (Å²) in [7, 11) is 0. The van der Waals surface area contributed by atoms with Gasteiger partial charge in [0.1, 0.15) is 0 Å². The number of carbonyl (C=O) groups is 1. The minimum absolute atomic E-state index is 0.0357. The van der Waals surface area contributed by atoms with Crippen LogP contribution in [0.4, 0.5) is 13.2 Å². The van der Waals surface area contributed by atoms with Gasteiger partial charge >= 0.3 is 6.18 Å². The molecule has 1 fully saturated rings. The number of nitrogens with zero attached hydrogens (tertiary/aromatic N) is 2. The molecule has 25 heavy (non-hydrogen) atoms. The molecule has 0 aromatic carbocycles. The van der Waals surface area contributed by atoms with E-state index in [1.807, 2.05) is 11.5 Å². The number of hydrazine groups is 2. The lowest BCUT2D eigenvalue weighted by Crippen LogP contribution is -2.47. The van der Waals surface area contributed by atoms with Gasteiger partial charge in [0.2, 0.25) is 5.91 Å². The van der Waals surface area contributed by atoms with Gasteiger partial charge in [-0.25, -0.2) is 10.5 Å². The molecule has 0 aliphatic carbocycles. The normalized spacial score (nSPS) is 27.7. The number of aliphatic imine (C=N–C) groups is 1. The van der Waals surface area contributed by atoms with E-state index >= 15 is 0 Å². The number of unbranched alkanes of at least 4 members (excludes halogenated alkanes) is 1. The van der Waals surface area contributed by atoms with Crippen LogP contribution < -0.4 is 10.9 Å². The first-order valence-electron chi connectivity index (χ1n) is 8.40. The summed E-state index contributed by atoms with van der Waals surface area (Å²) in [5, 5.41) is 4.64. The van der Waals surface area contributed by atoms with E-state index in [1.165, 1.54) is 0 Å². The Bertz CT molecular complexity index is 631. The van der Waals surface area contributed by atoms with Crippen LogP contribution in [-0.4, -0.2) is 28.3 Å². The third kappa shape index (κ3) is 3.57. The molecule has 3 heterocycles. The van der Waals surface area contributed by atoms with Crippen molar-refractivity contribution in [1.29, 1.82) is 0 Å². The number of hydrogen-bond donors (Lipinski definition) is 2. The van der Waals surface area contributed by atoms with Gasteiger partial charge in [-0.3, -0.25) is 15.2 Å². The number of halogens is 3. The van der Waals surface area contributed by atoms with E-state index in [0.717, 1.165) is 23.6 Å². The van der Waals surface area contributed by atoms with Gasteiger partial charge in [-0.15, -0.1) is 0 Å². The lowest BCUT2D eigenvalue weighted by Gasteiger charge is -2.31. The van der Waals surface area contributed by atoms with Gasteiger partial charge in [0.05, 0.1) is 16.2 Å². The molecule has 5 nitrogen and oxygen atoms in total. The molecular formula is C16H21F3N4OS. The summed E-state index contributed by atoms with van der Waals surface area (Å²) >= 11 is 1.56. The van der Waals surface area contributed by atoms with Crippen molar-refractivity contribution in [3.05, 3.63) is 23.4 Å². The summed E-state index contributed by atoms with van der Waals surface area (Å²) in [6.45, 7) is 2.07. The van der Waals surface area contributed by atoms with E-state index in [0.29, 0.717) is 0 Å². The zero-order valence-electron chi connectivity index (χ0n) is 13.9. The summed E-state index contributed by atoms with van der Waals surface area (Å²) in [6.07, 6.45) is 0.739. The zero-order chi connectivity index (χ0) is 18.1. The fraction of sp³-hybridized carbons (Fsp3) is 0.625. The molecule has 138 valence electrons. The minimum atomic E-state index is -4.16. The number of thioether (sulfide) groups is 1. The van der Waals surface area contributed by atoms with Gasteiger partial charge in [-0.05, 0) is 25.7 Å². The monoisotopic (exact) mass is 374 g/mol. The highest BCUT2D eigenvalue weighted by Crippen LogP contribution is 2.53. The molecule has 1 saturated heterocycles. The van der Waals surface area contributed by atoms with Crippen molar-refractivity contribution < 1.29 is 18.0 Å². The molecule has 2 N–H and O–H groups in total. The molecule has 2 atom stereocenters. The average Bonchev–Trinajstić information content (AvgIpc) is 3.06. The van der Waals surface area contributed by atoms with Gasteiger partial charge in [0.25, 0.3) is 0 Å². The van der Waals surface area contributed by atoms with Crippen LogP contribution in [-0.2, 0) is 4.79 Å². The van der Waals surface area contributed by atoms with Crippen LogP contribution in [0.1, 0.15) is 45.4 Å². The second kappa shape index (κ2) is 7.03. The molecule has 1 amide bonds. The van der Waals surface area contributed by atoms with Crippen molar-refractivity contribution in [2.75, 3.05) is 0 Å². The summed E-state index contributed by atoms with van der Waals surface area (Å²) < 4.78 is 36.4. The quantitative estimate of drug-likeness (QED) is 0.697. The Hall–Kier alpha value is -1.48. The van der Waals surface area contributed by atoms with Gasteiger partial charge in [-0.1, -0.05) is 24.8 Å². The molecule has 3 aliphatic rings. The van der Waals surface area contributed by atoms with Crippen LogP contribution in [0.15, 0.2) is 28.4 Å². The van der Waals surface area contributed by atoms with Crippen molar-refractivity contribution in [3.8, 4) is 0 Å². The number of hydrogen-bond acceptors (Lipinski definition) is 5. The number of allylic oxidation sites excluding steroid dienone is 1. The third-order valence-corrected chi connectivity index (χ3v) is 5.77. The van der Waals surface area contributed by atoms with E-state index in [-0.39, 0.29) is 36.6 Å². The molecule has 0 aromatic rings. The van der Waals surface area contributed by atoms with Crippen LogP contribution in [0.5, 0.6) is 0 Å². The number of carbonyl (C=O) groups excluding carboxylic acids is 1. The molecule has 0 bridgehead atoms. The number of nitrogens with one attached hydrogen (secondary N) is 2. The van der Waals surface area contributed by atoms with E-state index < -0.39 is 12.6 Å². The van der Waals surface area contributed by atoms with E-state index in [2.05, 4.69) is 22.8 Å². The van der Waals surface area contributed by atoms with Gasteiger partial charge < -0.3 is 0 Å². The van der Waals surface area contributed by atoms with E-state index in [9.17, 15) is 18.0 Å². The highest BCUT2D eigenvalue weighted by Gasteiger charge is 2.56. The molecule has 2 unspecified atom stereocenters. The van der Waals surface area contributed by atoms with Gasteiger partial charge in [0, 0.05) is 30.5 Å². The maximum absolute atomic E-state index is 12.1. The van der Waals surface area contributed by atoms with Crippen molar-refractivity contribution >= 4 is 22.7 Å². The second-order valence-electron chi connectivity index (χ2n) is 6.40. The van der Waals surface area contributed by atoms with Crippen LogP contribution in [0.25, 0.3) is 0 Å². The Kier molecular flexibility index (Phi) is 5.15. The van der Waals surface area contributed by atoms with Gasteiger partial charge in [-0.2, -0.15) is 13.2 Å². The largest absolute Gasteiger partial charge is 0.389 e. The molecule has 9 heteroatoms. The van der Waals surface area contributed by atoms with Crippen molar-refractivity contribution in [3.63, 3.8) is 0 Å². The van der Waals surface area contributed by atoms with E-state index in [1.54, 1.807) is 23.1 Å². The molecular weight excluding hydrogens is 353 g/mol. The maximum atomic E-state index is 12.1. The molecule has 0 aromatic heterocycles. The molecule has 0 saturated carbocycles. The van der Waals surface area contributed by atoms with Crippen LogP contribution in [0.3, 0.4) is 0 Å². The van der Waals surface area contributed by atoms with Crippen molar-refractivity contribution in [2.45, 2.75) is 57.7 Å². The lowest BCUT2D eigenvalue weighted by molar-refractivity contribution is -0.137.